The molecule has 4 rings (SSSR count). The quantitative estimate of drug-likeness (QED) is 0.417. The van der Waals surface area contributed by atoms with E-state index < -0.39 is 24.3 Å². The smallest absolute Gasteiger partial charge is 0.303 e. The number of allylic oxidation sites excluding steroid dienone is 2. The lowest BCUT2D eigenvalue weighted by Crippen LogP contribution is -2.38. The number of hydrogen-bond acceptors (Lipinski definition) is 6. The van der Waals surface area contributed by atoms with Crippen molar-refractivity contribution in [3.05, 3.63) is 42.0 Å². The van der Waals surface area contributed by atoms with Crippen LogP contribution in [0.1, 0.15) is 38.5 Å². The van der Waals surface area contributed by atoms with E-state index in [1.54, 1.807) is 31.4 Å². The molecule has 0 aromatic heterocycles. The zero-order valence-corrected chi connectivity index (χ0v) is 18.4. The first kappa shape index (κ1) is 22.7. The van der Waals surface area contributed by atoms with E-state index in [4.69, 9.17) is 19.3 Å². The fourth-order valence-electron chi connectivity index (χ4n) is 5.23. The lowest BCUT2D eigenvalue weighted by Gasteiger charge is -2.29. The van der Waals surface area contributed by atoms with E-state index in [0.29, 0.717) is 35.5 Å². The van der Waals surface area contributed by atoms with E-state index in [0.717, 1.165) is 25.7 Å². The summed E-state index contributed by atoms with van der Waals surface area (Å²) in [5.41, 5.74) is 1.37. The summed E-state index contributed by atoms with van der Waals surface area (Å²) >= 11 is 0. The molecule has 7 heteroatoms. The number of carboxylic acid groups (broad SMARTS) is 1. The number of aliphatic hydroxyl groups excluding tert-OH is 2. The second-order valence-electron chi connectivity index (χ2n) is 9.02. The average molecular weight is 445 g/mol. The van der Waals surface area contributed by atoms with Crippen molar-refractivity contribution >= 4 is 5.97 Å². The van der Waals surface area contributed by atoms with Gasteiger partial charge in [-0.1, -0.05) is 23.8 Å². The number of carboxylic acids is 1. The molecule has 0 spiro atoms. The van der Waals surface area contributed by atoms with Crippen molar-refractivity contribution in [3.63, 3.8) is 0 Å². The van der Waals surface area contributed by atoms with Gasteiger partial charge >= 0.3 is 5.97 Å². The zero-order chi connectivity index (χ0) is 22.7. The number of benzene rings is 1. The molecule has 6 atom stereocenters. The molecule has 1 heterocycles. The number of methoxy groups -OCH3 is 1. The van der Waals surface area contributed by atoms with Crippen molar-refractivity contribution in [3.8, 4) is 17.2 Å². The summed E-state index contributed by atoms with van der Waals surface area (Å²) in [7, 11) is 1.59. The molecule has 2 aliphatic carbocycles. The van der Waals surface area contributed by atoms with Gasteiger partial charge in [-0.05, 0) is 56.1 Å². The molecule has 0 amide bonds. The van der Waals surface area contributed by atoms with Crippen molar-refractivity contribution in [2.75, 3.05) is 13.7 Å². The minimum Gasteiger partial charge on any atom is -0.497 e. The van der Waals surface area contributed by atoms with Crippen LogP contribution >= 0.6 is 0 Å². The highest BCUT2D eigenvalue weighted by molar-refractivity contribution is 5.66. The van der Waals surface area contributed by atoms with Crippen molar-refractivity contribution in [2.24, 2.45) is 17.8 Å². The number of carbonyl (C=O) groups is 1. The van der Waals surface area contributed by atoms with Crippen molar-refractivity contribution in [1.82, 2.24) is 0 Å². The summed E-state index contributed by atoms with van der Waals surface area (Å²) < 4.78 is 16.9. The van der Waals surface area contributed by atoms with Crippen LogP contribution in [0, 0.1) is 17.8 Å². The summed E-state index contributed by atoms with van der Waals surface area (Å²) in [5.74, 6) is 1.90. The summed E-state index contributed by atoms with van der Waals surface area (Å²) in [6.07, 6.45) is 8.40. The number of aliphatic carboxylic acids is 1. The molecule has 1 aromatic rings. The Morgan fingerprint density at radius 2 is 2.16 bits per heavy atom. The Morgan fingerprint density at radius 1 is 1.31 bits per heavy atom. The summed E-state index contributed by atoms with van der Waals surface area (Å²) in [4.78, 5) is 10.7. The highest BCUT2D eigenvalue weighted by Crippen LogP contribution is 2.50. The van der Waals surface area contributed by atoms with Gasteiger partial charge in [-0.3, -0.25) is 4.79 Å². The van der Waals surface area contributed by atoms with Gasteiger partial charge < -0.3 is 29.5 Å². The fraction of sp³-hybridized carbons (Fsp3) is 0.560. The molecule has 2 saturated carbocycles. The van der Waals surface area contributed by atoms with E-state index in [1.165, 1.54) is 5.57 Å². The fourth-order valence-corrected chi connectivity index (χ4v) is 5.23. The average Bonchev–Trinajstić information content (AvgIpc) is 3.30. The van der Waals surface area contributed by atoms with Crippen LogP contribution in [-0.2, 0) is 4.79 Å². The number of aliphatic hydroxyl groups is 2. The molecule has 3 unspecified atom stereocenters. The lowest BCUT2D eigenvalue weighted by atomic mass is 9.90. The molecular weight excluding hydrogens is 412 g/mol. The van der Waals surface area contributed by atoms with Crippen LogP contribution in [0.2, 0.25) is 0 Å². The van der Waals surface area contributed by atoms with Crippen LogP contribution in [0.25, 0.3) is 0 Å². The topological polar surface area (TPSA) is 105 Å². The molecular formula is C25H32O7. The largest absolute Gasteiger partial charge is 0.497 e. The molecule has 3 aliphatic rings. The maximum absolute atomic E-state index is 10.7. The van der Waals surface area contributed by atoms with Crippen LogP contribution in [0.15, 0.2) is 42.0 Å². The molecule has 174 valence electrons. The Bertz CT molecular complexity index is 877. The number of fused-ring (bicyclic) bond motifs is 2. The molecule has 7 nitrogen and oxygen atoms in total. The van der Waals surface area contributed by atoms with Gasteiger partial charge in [0.15, 0.2) is 17.6 Å². The van der Waals surface area contributed by atoms with Crippen LogP contribution in [0.4, 0.5) is 0 Å². The molecule has 3 N–H and O–H groups in total. The second kappa shape index (κ2) is 9.96. The third-order valence-corrected chi connectivity index (χ3v) is 6.88. The SMILES string of the molecule is COc1ccc2c(c1)OCC([C@H](O)/C=C/[C@@H]1C3C/C(=C/CCCC(=O)O)CC3C[C@H]1O)O2. The van der Waals surface area contributed by atoms with Gasteiger partial charge in [0.25, 0.3) is 0 Å². The van der Waals surface area contributed by atoms with Gasteiger partial charge in [-0.25, -0.2) is 0 Å². The van der Waals surface area contributed by atoms with Crippen LogP contribution in [-0.4, -0.2) is 53.3 Å². The van der Waals surface area contributed by atoms with Gasteiger partial charge in [-0.15, -0.1) is 0 Å². The standard InChI is InChI=1S/C25H32O7/c1-30-17-6-9-22-23(13-17)31-14-24(32-22)20(26)8-7-18-19-11-15(4-2-3-5-25(28)29)10-16(19)12-21(18)27/h4,6-9,13,16,18-21,24,26-27H,2-3,5,10-12,14H2,1H3,(H,28,29)/b8-7+,15-4+/t16?,18-,19?,20-,21-,24?/m1/s1. The maximum Gasteiger partial charge on any atom is 0.303 e. The normalized spacial score (nSPS) is 31.1. The first-order valence-corrected chi connectivity index (χ1v) is 11.4. The highest BCUT2D eigenvalue weighted by Gasteiger charge is 2.45. The number of rotatable bonds is 8. The molecule has 32 heavy (non-hydrogen) atoms. The Labute approximate surface area is 188 Å². The minimum absolute atomic E-state index is 0.000580. The van der Waals surface area contributed by atoms with Crippen molar-refractivity contribution < 1.29 is 34.3 Å². The van der Waals surface area contributed by atoms with Gasteiger partial charge in [0, 0.05) is 18.4 Å². The Morgan fingerprint density at radius 3 is 2.94 bits per heavy atom. The van der Waals surface area contributed by atoms with Crippen LogP contribution in [0.3, 0.4) is 0 Å². The third kappa shape index (κ3) is 5.10. The van der Waals surface area contributed by atoms with Crippen LogP contribution in [0.5, 0.6) is 17.2 Å². The van der Waals surface area contributed by atoms with Crippen molar-refractivity contribution in [1.29, 1.82) is 0 Å². The van der Waals surface area contributed by atoms with E-state index in [9.17, 15) is 15.0 Å². The lowest BCUT2D eigenvalue weighted by molar-refractivity contribution is -0.137. The van der Waals surface area contributed by atoms with E-state index >= 15 is 0 Å². The highest BCUT2D eigenvalue weighted by atomic mass is 16.6. The van der Waals surface area contributed by atoms with Gasteiger partial charge in [0.1, 0.15) is 18.5 Å². The molecule has 0 bridgehead atoms. The Kier molecular flexibility index (Phi) is 7.06. The first-order chi connectivity index (χ1) is 15.4. The third-order valence-electron chi connectivity index (χ3n) is 6.88. The monoisotopic (exact) mass is 444 g/mol. The van der Waals surface area contributed by atoms with Gasteiger partial charge in [0.2, 0.25) is 0 Å². The van der Waals surface area contributed by atoms with Crippen LogP contribution < -0.4 is 14.2 Å². The van der Waals surface area contributed by atoms with Gasteiger partial charge in [0.05, 0.1) is 13.2 Å². The summed E-state index contributed by atoms with van der Waals surface area (Å²) in [5, 5.41) is 30.0. The summed E-state index contributed by atoms with van der Waals surface area (Å²) in [6, 6.07) is 5.31. The molecule has 1 aromatic carbocycles. The molecule has 1 aliphatic heterocycles. The zero-order valence-electron chi connectivity index (χ0n) is 18.4. The molecule has 0 saturated heterocycles. The second-order valence-corrected chi connectivity index (χ2v) is 9.02. The number of unbranched alkanes of at least 4 members (excludes halogenated alkanes) is 1. The predicted molar refractivity (Wildman–Crippen MR) is 118 cm³/mol. The maximum atomic E-state index is 10.7. The predicted octanol–water partition coefficient (Wildman–Crippen LogP) is 3.34. The molecule has 2 fully saturated rings. The summed E-state index contributed by atoms with van der Waals surface area (Å²) in [6.45, 7) is 0.230. The Balaban J connectivity index is 1.33. The van der Waals surface area contributed by atoms with Crippen molar-refractivity contribution in [2.45, 2.75) is 56.8 Å². The van der Waals surface area contributed by atoms with E-state index in [2.05, 4.69) is 6.08 Å². The Hall–Kier alpha value is -2.51. The minimum atomic E-state index is -0.844. The number of hydrogen-bond donors (Lipinski definition) is 3. The van der Waals surface area contributed by atoms with E-state index in [1.807, 2.05) is 6.08 Å². The van der Waals surface area contributed by atoms with Gasteiger partial charge in [-0.2, -0.15) is 0 Å². The van der Waals surface area contributed by atoms with E-state index in [-0.39, 0.29) is 18.9 Å². The molecule has 0 radical (unpaired) electrons. The first-order valence-electron chi connectivity index (χ1n) is 11.4. The number of ether oxygens (including phenoxy) is 3.